The van der Waals surface area contributed by atoms with Gasteiger partial charge in [-0.3, -0.25) is 4.79 Å². The summed E-state index contributed by atoms with van der Waals surface area (Å²) in [6.07, 6.45) is 2.12. The highest BCUT2D eigenvalue weighted by molar-refractivity contribution is 5.98. The molecule has 132 valence electrons. The van der Waals surface area contributed by atoms with Gasteiger partial charge in [0.25, 0.3) is 5.91 Å². The molecule has 2 aromatic rings. The predicted octanol–water partition coefficient (Wildman–Crippen LogP) is 3.50. The van der Waals surface area contributed by atoms with E-state index < -0.39 is 0 Å². The van der Waals surface area contributed by atoms with Gasteiger partial charge in [-0.1, -0.05) is 30.3 Å². The topological polar surface area (TPSA) is 38.8 Å². The number of fused-ring (bicyclic) bond motifs is 2. The molecule has 4 heteroatoms. The molecule has 1 saturated heterocycles. The largest absolute Gasteiger partial charge is 0.381 e. The summed E-state index contributed by atoms with van der Waals surface area (Å²) in [5, 5.41) is 2.27. The van der Waals surface area contributed by atoms with E-state index >= 15 is 0 Å². The Kier molecular flexibility index (Phi) is 4.73. The maximum absolute atomic E-state index is 13.1. The molecular formula is C21H25NO3. The number of ether oxygens (including phenoxy) is 2. The fourth-order valence-corrected chi connectivity index (χ4v) is 4.21. The van der Waals surface area contributed by atoms with Crippen molar-refractivity contribution in [1.82, 2.24) is 4.90 Å². The molecule has 4 rings (SSSR count). The lowest BCUT2D eigenvalue weighted by atomic mass is 10.0. The second-order valence-corrected chi connectivity index (χ2v) is 7.03. The van der Waals surface area contributed by atoms with Gasteiger partial charge in [-0.25, -0.2) is 0 Å². The Labute approximate surface area is 148 Å². The zero-order chi connectivity index (χ0) is 17.2. The van der Waals surface area contributed by atoms with Crippen LogP contribution < -0.4 is 0 Å². The van der Waals surface area contributed by atoms with Crippen LogP contribution in [0.15, 0.2) is 42.5 Å². The number of amides is 1. The molecule has 2 aromatic carbocycles. The van der Waals surface area contributed by atoms with Gasteiger partial charge in [0.05, 0.1) is 18.8 Å². The zero-order valence-electron chi connectivity index (χ0n) is 14.7. The molecule has 1 saturated carbocycles. The van der Waals surface area contributed by atoms with Gasteiger partial charge in [0.2, 0.25) is 0 Å². The Bertz CT molecular complexity index is 760. The first-order valence-corrected chi connectivity index (χ1v) is 9.25. The van der Waals surface area contributed by atoms with Crippen LogP contribution in [0.5, 0.6) is 0 Å². The van der Waals surface area contributed by atoms with Gasteiger partial charge in [-0.05, 0) is 48.6 Å². The average molecular weight is 339 g/mol. The van der Waals surface area contributed by atoms with E-state index in [9.17, 15) is 4.79 Å². The molecule has 3 atom stereocenters. The van der Waals surface area contributed by atoms with Crippen LogP contribution in [0.4, 0.5) is 0 Å². The lowest BCUT2D eigenvalue weighted by Gasteiger charge is -2.37. The number of rotatable bonds is 4. The lowest BCUT2D eigenvalue weighted by Crippen LogP contribution is -2.51. The third kappa shape index (κ3) is 3.29. The molecule has 1 heterocycles. The highest BCUT2D eigenvalue weighted by Gasteiger charge is 2.42. The van der Waals surface area contributed by atoms with Gasteiger partial charge in [0.1, 0.15) is 0 Å². The van der Waals surface area contributed by atoms with Crippen molar-refractivity contribution in [2.45, 2.75) is 31.9 Å². The Morgan fingerprint density at radius 2 is 2.04 bits per heavy atom. The van der Waals surface area contributed by atoms with Crippen LogP contribution in [-0.4, -0.2) is 49.3 Å². The maximum Gasteiger partial charge on any atom is 0.254 e. The smallest absolute Gasteiger partial charge is 0.254 e. The third-order valence-corrected chi connectivity index (χ3v) is 5.45. The number of nitrogens with zero attached hydrogens (tertiary/aromatic N) is 1. The van der Waals surface area contributed by atoms with Gasteiger partial charge < -0.3 is 14.4 Å². The Balaban J connectivity index is 1.54. The van der Waals surface area contributed by atoms with Gasteiger partial charge in [0, 0.05) is 25.3 Å². The highest BCUT2D eigenvalue weighted by atomic mass is 16.5. The monoisotopic (exact) mass is 339 g/mol. The molecule has 0 spiro atoms. The van der Waals surface area contributed by atoms with Crippen LogP contribution in [0, 0.1) is 5.92 Å². The Morgan fingerprint density at radius 3 is 2.88 bits per heavy atom. The van der Waals surface area contributed by atoms with Crippen molar-refractivity contribution in [3.63, 3.8) is 0 Å². The van der Waals surface area contributed by atoms with Crippen molar-refractivity contribution in [3.8, 4) is 0 Å². The Hall–Kier alpha value is -1.91. The van der Waals surface area contributed by atoms with E-state index in [2.05, 4.69) is 12.1 Å². The molecular weight excluding hydrogens is 314 g/mol. The number of hydrogen-bond acceptors (Lipinski definition) is 3. The quantitative estimate of drug-likeness (QED) is 0.856. The average Bonchev–Trinajstić information content (AvgIpc) is 3.08. The minimum atomic E-state index is 0.126. The number of benzene rings is 2. The molecule has 1 amide bonds. The number of hydrogen-bond donors (Lipinski definition) is 0. The van der Waals surface area contributed by atoms with Crippen LogP contribution >= 0.6 is 0 Å². The normalized spacial score (nSPS) is 26.0. The van der Waals surface area contributed by atoms with Crippen molar-refractivity contribution in [2.75, 3.05) is 26.4 Å². The highest BCUT2D eigenvalue weighted by Crippen LogP contribution is 2.35. The van der Waals surface area contributed by atoms with Gasteiger partial charge in [-0.15, -0.1) is 0 Å². The van der Waals surface area contributed by atoms with Crippen LogP contribution in [-0.2, 0) is 9.47 Å². The summed E-state index contributed by atoms with van der Waals surface area (Å²) in [6, 6.07) is 14.3. The first-order valence-electron chi connectivity index (χ1n) is 9.25. The standard InChI is InChI=1S/C21H25NO3/c1-2-24-14-15-11-19-20(12-15)25-10-9-22(19)21(23)18-8-7-16-5-3-4-6-17(16)13-18/h3-8,13,15,19-20H,2,9-12,14H2,1H3/t15-,19-,20-/m0/s1. The van der Waals surface area contributed by atoms with E-state index in [1.165, 1.54) is 0 Å². The molecule has 4 nitrogen and oxygen atoms in total. The fraction of sp³-hybridized carbons (Fsp3) is 0.476. The third-order valence-electron chi connectivity index (χ3n) is 5.45. The van der Waals surface area contributed by atoms with Gasteiger partial charge in [-0.2, -0.15) is 0 Å². The van der Waals surface area contributed by atoms with E-state index in [0.717, 1.165) is 42.4 Å². The predicted molar refractivity (Wildman–Crippen MR) is 97.7 cm³/mol. The van der Waals surface area contributed by atoms with Gasteiger partial charge in [0.15, 0.2) is 0 Å². The van der Waals surface area contributed by atoms with Crippen LogP contribution in [0.3, 0.4) is 0 Å². The van der Waals surface area contributed by atoms with Crippen LogP contribution in [0.1, 0.15) is 30.1 Å². The molecule has 2 aliphatic rings. The molecule has 0 radical (unpaired) electrons. The molecule has 2 fully saturated rings. The zero-order valence-corrected chi connectivity index (χ0v) is 14.7. The van der Waals surface area contributed by atoms with Crippen molar-refractivity contribution in [3.05, 3.63) is 48.0 Å². The van der Waals surface area contributed by atoms with E-state index in [1.54, 1.807) is 0 Å². The second kappa shape index (κ2) is 7.14. The number of carbonyl (C=O) groups is 1. The van der Waals surface area contributed by atoms with Crippen molar-refractivity contribution < 1.29 is 14.3 Å². The van der Waals surface area contributed by atoms with Crippen molar-refractivity contribution in [1.29, 1.82) is 0 Å². The van der Waals surface area contributed by atoms with E-state index in [4.69, 9.17) is 9.47 Å². The van der Waals surface area contributed by atoms with E-state index in [1.807, 2.05) is 42.2 Å². The molecule has 25 heavy (non-hydrogen) atoms. The molecule has 1 aliphatic heterocycles. The molecule has 0 N–H and O–H groups in total. The summed E-state index contributed by atoms with van der Waals surface area (Å²) in [4.78, 5) is 15.2. The molecule has 1 aliphatic carbocycles. The summed E-state index contributed by atoms with van der Waals surface area (Å²) in [5.41, 5.74) is 0.771. The van der Waals surface area contributed by atoms with E-state index in [0.29, 0.717) is 19.1 Å². The second-order valence-electron chi connectivity index (χ2n) is 7.03. The maximum atomic E-state index is 13.1. The lowest BCUT2D eigenvalue weighted by molar-refractivity contribution is -0.0449. The molecule has 0 unspecified atom stereocenters. The number of morpholine rings is 1. The summed E-state index contributed by atoms with van der Waals surface area (Å²) in [5.74, 6) is 0.612. The number of carbonyl (C=O) groups excluding carboxylic acids is 1. The van der Waals surface area contributed by atoms with Crippen molar-refractivity contribution >= 4 is 16.7 Å². The molecule has 0 bridgehead atoms. The minimum absolute atomic E-state index is 0.126. The SMILES string of the molecule is CCOC[C@@H]1C[C@@H]2OCCN(C(=O)c3ccc4ccccc4c3)[C@H]2C1. The van der Waals surface area contributed by atoms with Crippen LogP contribution in [0.25, 0.3) is 10.8 Å². The Morgan fingerprint density at radius 1 is 1.20 bits per heavy atom. The molecule has 0 aromatic heterocycles. The van der Waals surface area contributed by atoms with Crippen LogP contribution in [0.2, 0.25) is 0 Å². The summed E-state index contributed by atoms with van der Waals surface area (Å²) in [7, 11) is 0. The van der Waals surface area contributed by atoms with E-state index in [-0.39, 0.29) is 18.1 Å². The summed E-state index contributed by atoms with van der Waals surface area (Å²) in [6.45, 7) is 4.83. The first kappa shape index (κ1) is 16.6. The van der Waals surface area contributed by atoms with Crippen molar-refractivity contribution in [2.24, 2.45) is 5.92 Å². The summed E-state index contributed by atoms with van der Waals surface area (Å²) < 4.78 is 11.5. The minimum Gasteiger partial charge on any atom is -0.381 e. The van der Waals surface area contributed by atoms with Gasteiger partial charge >= 0.3 is 0 Å². The fourth-order valence-electron chi connectivity index (χ4n) is 4.21. The first-order chi connectivity index (χ1) is 12.3. The summed E-state index contributed by atoms with van der Waals surface area (Å²) >= 11 is 0.